The Morgan fingerprint density at radius 1 is 1.00 bits per heavy atom. The van der Waals surface area contributed by atoms with Crippen molar-refractivity contribution in [2.75, 3.05) is 24.3 Å². The molecule has 3 aromatic rings. The molecule has 1 atom stereocenters. The highest BCUT2D eigenvalue weighted by atomic mass is 16.2. The molecule has 0 bridgehead atoms. The molecule has 168 valence electrons. The Morgan fingerprint density at radius 2 is 1.72 bits per heavy atom. The fourth-order valence-corrected chi connectivity index (χ4v) is 4.36. The number of fused-ring (bicyclic) bond motifs is 1. The second-order valence-corrected chi connectivity index (χ2v) is 8.73. The van der Waals surface area contributed by atoms with Crippen LogP contribution in [0.5, 0.6) is 0 Å². The zero-order valence-electron chi connectivity index (χ0n) is 19.0. The van der Waals surface area contributed by atoms with E-state index in [0.717, 1.165) is 37.1 Å². The Hall–Kier alpha value is -3.35. The minimum absolute atomic E-state index is 0.0692. The molecule has 4 rings (SSSR count). The van der Waals surface area contributed by atoms with E-state index in [4.69, 9.17) is 0 Å². The molecule has 1 unspecified atom stereocenters. The third-order valence-corrected chi connectivity index (χ3v) is 6.13. The Balaban J connectivity index is 1.27. The maximum atomic E-state index is 12.6. The summed E-state index contributed by atoms with van der Waals surface area (Å²) in [7, 11) is 3.93. The number of amides is 2. The Labute approximate surface area is 189 Å². The van der Waals surface area contributed by atoms with Crippen molar-refractivity contribution < 1.29 is 4.79 Å². The van der Waals surface area contributed by atoms with E-state index in [9.17, 15) is 4.79 Å². The summed E-state index contributed by atoms with van der Waals surface area (Å²) in [5.41, 5.74) is 1.13. The van der Waals surface area contributed by atoms with Gasteiger partial charge in [0.25, 0.3) is 0 Å². The third kappa shape index (κ3) is 5.28. The number of benzene rings is 2. The van der Waals surface area contributed by atoms with Gasteiger partial charge in [0.05, 0.1) is 6.04 Å². The van der Waals surface area contributed by atoms with Crippen LogP contribution in [0.25, 0.3) is 10.8 Å². The lowest BCUT2D eigenvalue weighted by Gasteiger charge is -2.30. The minimum Gasteiger partial charge on any atom is -0.363 e. The molecule has 2 amide bonds. The van der Waals surface area contributed by atoms with Gasteiger partial charge in [0.1, 0.15) is 5.82 Å². The lowest BCUT2D eigenvalue weighted by Crippen LogP contribution is -2.45. The van der Waals surface area contributed by atoms with E-state index in [1.807, 2.05) is 50.2 Å². The highest BCUT2D eigenvalue weighted by Crippen LogP contribution is 2.25. The molecule has 2 aromatic carbocycles. The molecule has 1 aromatic heterocycles. The number of hydrogen-bond donors (Lipinski definition) is 3. The molecule has 1 saturated carbocycles. The molecule has 1 fully saturated rings. The smallest absolute Gasteiger partial charge is 0.315 e. The fraction of sp³-hybridized carbons (Fsp3) is 0.400. The van der Waals surface area contributed by atoms with E-state index in [1.165, 1.54) is 10.8 Å². The Morgan fingerprint density at radius 3 is 2.50 bits per heavy atom. The normalized spacial score (nSPS) is 19.2. The van der Waals surface area contributed by atoms with Gasteiger partial charge in [0.2, 0.25) is 5.95 Å². The number of nitrogens with one attached hydrogen (secondary N) is 3. The summed E-state index contributed by atoms with van der Waals surface area (Å²) in [5, 5.41) is 12.1. The van der Waals surface area contributed by atoms with Crippen LogP contribution >= 0.6 is 0 Å². The fourth-order valence-electron chi connectivity index (χ4n) is 4.36. The number of carbonyl (C=O) groups excluding carboxylic acids is 1. The quantitative estimate of drug-likeness (QED) is 0.535. The largest absolute Gasteiger partial charge is 0.363 e. The second-order valence-electron chi connectivity index (χ2n) is 8.73. The SMILES string of the molecule is CC(NC(=O)N[C@H]1CC[C@@H](Nc2nccc(N(C)C)n2)CC1)c1cccc2ccccc12. The van der Waals surface area contributed by atoms with Gasteiger partial charge < -0.3 is 20.9 Å². The van der Waals surface area contributed by atoms with Gasteiger partial charge >= 0.3 is 6.03 Å². The number of anilines is 2. The summed E-state index contributed by atoms with van der Waals surface area (Å²) in [6.07, 6.45) is 5.58. The molecule has 0 aliphatic heterocycles. The molecule has 1 heterocycles. The van der Waals surface area contributed by atoms with Gasteiger partial charge in [-0.3, -0.25) is 0 Å². The number of urea groups is 1. The van der Waals surface area contributed by atoms with Gasteiger partial charge in [0, 0.05) is 32.4 Å². The van der Waals surface area contributed by atoms with Crippen molar-refractivity contribution in [1.82, 2.24) is 20.6 Å². The number of rotatable bonds is 6. The van der Waals surface area contributed by atoms with Gasteiger partial charge in [-0.15, -0.1) is 0 Å². The summed E-state index contributed by atoms with van der Waals surface area (Å²) in [6, 6.07) is 16.7. The molecule has 7 heteroatoms. The van der Waals surface area contributed by atoms with Crippen molar-refractivity contribution in [3.8, 4) is 0 Å². The van der Waals surface area contributed by atoms with E-state index in [-0.39, 0.29) is 18.1 Å². The molecule has 0 radical (unpaired) electrons. The van der Waals surface area contributed by atoms with Crippen LogP contribution in [0.2, 0.25) is 0 Å². The first-order chi connectivity index (χ1) is 15.5. The molecule has 1 aliphatic carbocycles. The summed E-state index contributed by atoms with van der Waals surface area (Å²) in [5.74, 6) is 1.55. The number of hydrogen-bond acceptors (Lipinski definition) is 5. The maximum absolute atomic E-state index is 12.6. The highest BCUT2D eigenvalue weighted by molar-refractivity contribution is 5.86. The number of aromatic nitrogens is 2. The van der Waals surface area contributed by atoms with Crippen LogP contribution in [0, 0.1) is 0 Å². The van der Waals surface area contributed by atoms with Crippen LogP contribution in [0.1, 0.15) is 44.2 Å². The van der Waals surface area contributed by atoms with E-state index < -0.39 is 0 Å². The van der Waals surface area contributed by atoms with Crippen LogP contribution in [0.3, 0.4) is 0 Å². The van der Waals surface area contributed by atoms with Crippen LogP contribution in [-0.2, 0) is 0 Å². The topological polar surface area (TPSA) is 82.2 Å². The van der Waals surface area contributed by atoms with E-state index in [0.29, 0.717) is 12.0 Å². The maximum Gasteiger partial charge on any atom is 0.315 e. The average molecular weight is 433 g/mol. The lowest BCUT2D eigenvalue weighted by atomic mass is 9.91. The van der Waals surface area contributed by atoms with Crippen molar-refractivity contribution >= 4 is 28.6 Å². The van der Waals surface area contributed by atoms with Gasteiger partial charge in [-0.1, -0.05) is 42.5 Å². The van der Waals surface area contributed by atoms with E-state index in [2.05, 4.69) is 50.2 Å². The van der Waals surface area contributed by atoms with Crippen LogP contribution in [0.15, 0.2) is 54.7 Å². The van der Waals surface area contributed by atoms with Crippen molar-refractivity contribution in [3.05, 3.63) is 60.3 Å². The monoisotopic (exact) mass is 432 g/mol. The molecule has 0 saturated heterocycles. The van der Waals surface area contributed by atoms with Crippen molar-refractivity contribution in [2.24, 2.45) is 0 Å². The molecule has 0 spiro atoms. The molecule has 3 N–H and O–H groups in total. The van der Waals surface area contributed by atoms with Crippen molar-refractivity contribution in [3.63, 3.8) is 0 Å². The first-order valence-corrected chi connectivity index (χ1v) is 11.3. The predicted molar refractivity (Wildman–Crippen MR) is 130 cm³/mol. The standard InChI is InChI=1S/C25H32N6O/c1-17(21-10-6-8-18-7-4-5-9-22(18)21)27-25(32)29-20-13-11-19(12-14-20)28-24-26-16-15-23(30-24)31(2)3/h4-10,15-17,19-20H,11-14H2,1-3H3,(H,26,28,30)(H2,27,29,32)/t17?,19-,20+. The summed E-state index contributed by atoms with van der Waals surface area (Å²) in [6.45, 7) is 2.03. The number of nitrogens with zero attached hydrogens (tertiary/aromatic N) is 3. The number of carbonyl (C=O) groups is 1. The van der Waals surface area contributed by atoms with E-state index >= 15 is 0 Å². The van der Waals surface area contributed by atoms with Crippen LogP contribution in [0.4, 0.5) is 16.6 Å². The third-order valence-electron chi connectivity index (χ3n) is 6.13. The van der Waals surface area contributed by atoms with Crippen molar-refractivity contribution in [2.45, 2.75) is 50.7 Å². The second kappa shape index (κ2) is 9.85. The van der Waals surface area contributed by atoms with Gasteiger partial charge in [0.15, 0.2) is 0 Å². The van der Waals surface area contributed by atoms with Gasteiger partial charge in [-0.05, 0) is 55.0 Å². The predicted octanol–water partition coefficient (Wildman–Crippen LogP) is 4.48. The van der Waals surface area contributed by atoms with Crippen LogP contribution in [-0.4, -0.2) is 42.2 Å². The van der Waals surface area contributed by atoms with E-state index in [1.54, 1.807) is 6.20 Å². The average Bonchev–Trinajstić information content (AvgIpc) is 2.80. The molecular weight excluding hydrogens is 400 g/mol. The van der Waals surface area contributed by atoms with Crippen LogP contribution < -0.4 is 20.9 Å². The molecule has 32 heavy (non-hydrogen) atoms. The molecular formula is C25H32N6O. The Bertz CT molecular complexity index is 1060. The Kier molecular flexibility index (Phi) is 6.73. The van der Waals surface area contributed by atoms with Gasteiger partial charge in [-0.25, -0.2) is 9.78 Å². The zero-order chi connectivity index (χ0) is 22.5. The summed E-state index contributed by atoms with van der Waals surface area (Å²) < 4.78 is 0. The minimum atomic E-state index is -0.108. The highest BCUT2D eigenvalue weighted by Gasteiger charge is 2.23. The molecule has 7 nitrogen and oxygen atoms in total. The summed E-state index contributed by atoms with van der Waals surface area (Å²) >= 11 is 0. The summed E-state index contributed by atoms with van der Waals surface area (Å²) in [4.78, 5) is 23.5. The van der Waals surface area contributed by atoms with Gasteiger partial charge in [-0.2, -0.15) is 4.98 Å². The molecule has 1 aliphatic rings. The first kappa shape index (κ1) is 21.9. The zero-order valence-corrected chi connectivity index (χ0v) is 19.0. The van der Waals surface area contributed by atoms with Crippen molar-refractivity contribution in [1.29, 1.82) is 0 Å². The first-order valence-electron chi connectivity index (χ1n) is 11.3. The lowest BCUT2D eigenvalue weighted by molar-refractivity contribution is 0.229.